The van der Waals surface area contributed by atoms with Crippen molar-refractivity contribution in [2.75, 3.05) is 10.6 Å². The number of nitrogens with one attached hydrogen (secondary N) is 2. The highest BCUT2D eigenvalue weighted by molar-refractivity contribution is 6.31. The van der Waals surface area contributed by atoms with Crippen molar-refractivity contribution in [3.05, 3.63) is 76.9 Å². The summed E-state index contributed by atoms with van der Waals surface area (Å²) in [5.41, 5.74) is 0.612. The molecule has 5 nitrogen and oxygen atoms in total. The molecule has 0 unspecified atom stereocenters. The fourth-order valence-corrected chi connectivity index (χ4v) is 2.17. The summed E-state index contributed by atoms with van der Waals surface area (Å²) in [4.78, 5) is 12.1. The van der Waals surface area contributed by atoms with Crippen LogP contribution in [0, 0.1) is 11.6 Å². The van der Waals surface area contributed by atoms with Crippen LogP contribution in [0.3, 0.4) is 0 Å². The summed E-state index contributed by atoms with van der Waals surface area (Å²) in [5, 5.41) is 12.8. The maximum Gasteiger partial charge on any atom is 0.276 e. The van der Waals surface area contributed by atoms with Crippen molar-refractivity contribution in [1.82, 2.24) is 10.2 Å². The minimum atomic E-state index is -0.581. The number of hydrogen-bond acceptors (Lipinski definition) is 4. The number of amides is 1. The van der Waals surface area contributed by atoms with E-state index in [1.807, 2.05) is 0 Å². The highest BCUT2D eigenvalue weighted by Gasteiger charge is 2.10. The molecular formula is C17H11ClF2N4O. The van der Waals surface area contributed by atoms with Crippen molar-refractivity contribution in [2.45, 2.75) is 0 Å². The van der Waals surface area contributed by atoms with Crippen molar-refractivity contribution < 1.29 is 13.6 Å². The summed E-state index contributed by atoms with van der Waals surface area (Å²) in [5.74, 6) is -1.26. The van der Waals surface area contributed by atoms with Gasteiger partial charge in [-0.25, -0.2) is 8.78 Å². The second-order valence-corrected chi connectivity index (χ2v) is 5.40. The third-order valence-corrected chi connectivity index (χ3v) is 3.50. The maximum absolute atomic E-state index is 13.6. The molecular weight excluding hydrogens is 350 g/mol. The number of rotatable bonds is 4. The monoisotopic (exact) mass is 360 g/mol. The summed E-state index contributed by atoms with van der Waals surface area (Å²) >= 11 is 5.66. The fourth-order valence-electron chi connectivity index (χ4n) is 1.99. The van der Waals surface area contributed by atoms with Crippen LogP contribution in [0.15, 0.2) is 54.6 Å². The molecule has 2 N–H and O–H groups in total. The molecule has 3 rings (SSSR count). The zero-order chi connectivity index (χ0) is 17.8. The third kappa shape index (κ3) is 4.07. The maximum atomic E-state index is 13.6. The Morgan fingerprint density at radius 3 is 2.44 bits per heavy atom. The van der Waals surface area contributed by atoms with Gasteiger partial charge in [0.05, 0.1) is 10.7 Å². The largest absolute Gasteiger partial charge is 0.336 e. The Balaban J connectivity index is 1.70. The number of aromatic nitrogens is 2. The van der Waals surface area contributed by atoms with Gasteiger partial charge < -0.3 is 10.6 Å². The summed E-state index contributed by atoms with van der Waals surface area (Å²) in [6, 6.07) is 12.8. The quantitative estimate of drug-likeness (QED) is 0.723. The van der Waals surface area contributed by atoms with Gasteiger partial charge in [-0.3, -0.25) is 4.79 Å². The molecule has 126 valence electrons. The van der Waals surface area contributed by atoms with E-state index in [1.54, 1.807) is 18.2 Å². The number of carbonyl (C=O) groups is 1. The molecule has 25 heavy (non-hydrogen) atoms. The Bertz CT molecular complexity index is 919. The lowest BCUT2D eigenvalue weighted by Gasteiger charge is -2.07. The van der Waals surface area contributed by atoms with E-state index in [9.17, 15) is 13.6 Å². The molecule has 0 bridgehead atoms. The SMILES string of the molecule is O=C(Nc1ccc(F)c(Cl)c1)c1ccc(Nc2ccccc2F)nn1. The van der Waals surface area contributed by atoms with E-state index in [4.69, 9.17) is 11.6 Å². The van der Waals surface area contributed by atoms with E-state index < -0.39 is 17.5 Å². The van der Waals surface area contributed by atoms with Gasteiger partial charge in [0.1, 0.15) is 11.6 Å². The molecule has 3 aromatic rings. The molecule has 0 aliphatic carbocycles. The van der Waals surface area contributed by atoms with Crippen LogP contribution in [-0.2, 0) is 0 Å². The standard InChI is InChI=1S/C17H11ClF2N4O/c18-11-9-10(5-6-12(11)19)21-17(25)15-7-8-16(24-23-15)22-14-4-2-1-3-13(14)20/h1-9H,(H,21,25)(H,22,24). The smallest absolute Gasteiger partial charge is 0.276 e. The van der Waals surface area contributed by atoms with Crippen LogP contribution in [-0.4, -0.2) is 16.1 Å². The van der Waals surface area contributed by atoms with E-state index in [-0.39, 0.29) is 22.2 Å². The number of para-hydroxylation sites is 1. The van der Waals surface area contributed by atoms with Gasteiger partial charge in [-0.15, -0.1) is 10.2 Å². The lowest BCUT2D eigenvalue weighted by Crippen LogP contribution is -2.14. The van der Waals surface area contributed by atoms with Gasteiger partial charge in [0, 0.05) is 5.69 Å². The van der Waals surface area contributed by atoms with Gasteiger partial charge in [-0.05, 0) is 42.5 Å². The summed E-state index contributed by atoms with van der Waals surface area (Å²) in [7, 11) is 0. The summed E-state index contributed by atoms with van der Waals surface area (Å²) in [6.07, 6.45) is 0. The molecule has 0 saturated carbocycles. The number of hydrogen-bond donors (Lipinski definition) is 2. The minimum absolute atomic E-state index is 0.0412. The topological polar surface area (TPSA) is 66.9 Å². The molecule has 0 spiro atoms. The Morgan fingerprint density at radius 2 is 1.76 bits per heavy atom. The first-order chi connectivity index (χ1) is 12.0. The van der Waals surface area contributed by atoms with Crippen LogP contribution in [0.25, 0.3) is 0 Å². The van der Waals surface area contributed by atoms with Crippen LogP contribution >= 0.6 is 11.6 Å². The lowest BCUT2D eigenvalue weighted by molar-refractivity contribution is 0.102. The molecule has 0 aliphatic heterocycles. The van der Waals surface area contributed by atoms with Crippen molar-refractivity contribution in [3.63, 3.8) is 0 Å². The Kier molecular flexibility index (Phi) is 4.85. The second-order valence-electron chi connectivity index (χ2n) is 4.99. The molecule has 2 aromatic carbocycles. The van der Waals surface area contributed by atoms with Crippen LogP contribution < -0.4 is 10.6 Å². The third-order valence-electron chi connectivity index (χ3n) is 3.21. The molecule has 0 aliphatic rings. The van der Waals surface area contributed by atoms with E-state index in [1.165, 1.54) is 30.3 Å². The van der Waals surface area contributed by atoms with Crippen LogP contribution in [0.2, 0.25) is 5.02 Å². The summed E-state index contributed by atoms with van der Waals surface area (Å²) in [6.45, 7) is 0. The first-order valence-electron chi connectivity index (χ1n) is 7.14. The minimum Gasteiger partial charge on any atom is -0.336 e. The van der Waals surface area contributed by atoms with Crippen molar-refractivity contribution >= 4 is 34.7 Å². The van der Waals surface area contributed by atoms with Gasteiger partial charge in [0.15, 0.2) is 11.5 Å². The zero-order valence-electron chi connectivity index (χ0n) is 12.6. The molecule has 0 atom stereocenters. The average molecular weight is 361 g/mol. The van der Waals surface area contributed by atoms with Crippen LogP contribution in [0.1, 0.15) is 10.5 Å². The second kappa shape index (κ2) is 7.23. The van der Waals surface area contributed by atoms with Gasteiger partial charge in [-0.1, -0.05) is 23.7 Å². The van der Waals surface area contributed by atoms with Crippen molar-refractivity contribution in [3.8, 4) is 0 Å². The van der Waals surface area contributed by atoms with Crippen molar-refractivity contribution in [2.24, 2.45) is 0 Å². The van der Waals surface area contributed by atoms with Gasteiger partial charge in [-0.2, -0.15) is 0 Å². The Morgan fingerprint density at radius 1 is 0.960 bits per heavy atom. The highest BCUT2D eigenvalue weighted by Crippen LogP contribution is 2.20. The normalized spacial score (nSPS) is 10.4. The molecule has 0 saturated heterocycles. The average Bonchev–Trinajstić information content (AvgIpc) is 2.61. The van der Waals surface area contributed by atoms with Crippen LogP contribution in [0.5, 0.6) is 0 Å². The van der Waals surface area contributed by atoms with Crippen molar-refractivity contribution in [1.29, 1.82) is 0 Å². The predicted octanol–water partition coefficient (Wildman–Crippen LogP) is 4.40. The molecule has 1 aromatic heterocycles. The van der Waals surface area contributed by atoms with E-state index >= 15 is 0 Å². The van der Waals surface area contributed by atoms with E-state index in [2.05, 4.69) is 20.8 Å². The fraction of sp³-hybridized carbons (Fsp3) is 0. The first-order valence-corrected chi connectivity index (χ1v) is 7.52. The lowest BCUT2D eigenvalue weighted by atomic mass is 10.3. The molecule has 1 heterocycles. The Hall–Kier alpha value is -3.06. The Labute approximate surface area is 146 Å². The number of carbonyl (C=O) groups excluding carboxylic acids is 1. The summed E-state index contributed by atoms with van der Waals surface area (Å²) < 4.78 is 26.7. The van der Waals surface area contributed by atoms with E-state index in [0.717, 1.165) is 6.07 Å². The van der Waals surface area contributed by atoms with E-state index in [0.29, 0.717) is 5.69 Å². The molecule has 0 fully saturated rings. The van der Waals surface area contributed by atoms with Gasteiger partial charge in [0.25, 0.3) is 5.91 Å². The molecule has 0 radical (unpaired) electrons. The zero-order valence-corrected chi connectivity index (χ0v) is 13.4. The van der Waals surface area contributed by atoms with Gasteiger partial charge >= 0.3 is 0 Å². The molecule has 1 amide bonds. The number of benzene rings is 2. The first kappa shape index (κ1) is 16.8. The highest BCUT2D eigenvalue weighted by atomic mass is 35.5. The number of halogens is 3. The number of nitrogens with zero attached hydrogens (tertiary/aromatic N) is 2. The molecule has 8 heteroatoms. The van der Waals surface area contributed by atoms with Crippen LogP contribution in [0.4, 0.5) is 26.0 Å². The number of anilines is 3. The van der Waals surface area contributed by atoms with Gasteiger partial charge in [0.2, 0.25) is 0 Å². The predicted molar refractivity (Wildman–Crippen MR) is 91.1 cm³/mol.